The van der Waals surface area contributed by atoms with Crippen molar-refractivity contribution in [2.24, 2.45) is 0 Å². The number of nitrogens with zero attached hydrogens (tertiary/aromatic N) is 4. The van der Waals surface area contributed by atoms with Crippen LogP contribution < -0.4 is 10.1 Å². The van der Waals surface area contributed by atoms with Gasteiger partial charge in [-0.1, -0.05) is 0 Å². The van der Waals surface area contributed by atoms with E-state index in [1.54, 1.807) is 6.92 Å². The zero-order valence-electron chi connectivity index (χ0n) is 10.6. The van der Waals surface area contributed by atoms with Gasteiger partial charge in [0.25, 0.3) is 5.91 Å². The lowest BCUT2D eigenvalue weighted by Crippen LogP contribution is -2.24. The van der Waals surface area contributed by atoms with E-state index in [-0.39, 0.29) is 18.1 Å². The van der Waals surface area contributed by atoms with Gasteiger partial charge in [-0.05, 0) is 6.92 Å². The van der Waals surface area contributed by atoms with Gasteiger partial charge in [-0.2, -0.15) is 0 Å². The summed E-state index contributed by atoms with van der Waals surface area (Å²) in [6.07, 6.45) is 1.27. The molecule has 100 valence electrons. The minimum Gasteiger partial charge on any atom is -0.478 e. The quantitative estimate of drug-likeness (QED) is 0.837. The molecule has 2 rings (SSSR count). The number of nitrogens with one attached hydrogen (secondary N) is 1. The third-order valence-corrected chi connectivity index (χ3v) is 2.13. The molecule has 1 amide bonds. The first-order valence-electron chi connectivity index (χ1n) is 5.71. The Hall–Kier alpha value is -2.51. The van der Waals surface area contributed by atoms with Crippen molar-refractivity contribution in [2.45, 2.75) is 20.4 Å². The van der Waals surface area contributed by atoms with E-state index in [9.17, 15) is 4.79 Å². The fourth-order valence-corrected chi connectivity index (χ4v) is 1.35. The van der Waals surface area contributed by atoms with Crippen LogP contribution in [0.3, 0.4) is 0 Å². The van der Waals surface area contributed by atoms with Gasteiger partial charge in [0.15, 0.2) is 0 Å². The molecule has 0 radical (unpaired) electrons. The van der Waals surface area contributed by atoms with Gasteiger partial charge in [0, 0.05) is 13.0 Å². The Kier molecular flexibility index (Phi) is 4.01. The molecular weight excluding hydrogens is 250 g/mol. The number of amides is 1. The van der Waals surface area contributed by atoms with E-state index in [0.29, 0.717) is 24.3 Å². The van der Waals surface area contributed by atoms with E-state index >= 15 is 0 Å². The van der Waals surface area contributed by atoms with Crippen LogP contribution in [-0.4, -0.2) is 32.7 Å². The molecule has 0 saturated heterocycles. The number of rotatable bonds is 5. The molecule has 0 spiro atoms. The fraction of sp³-hybridized carbons (Fsp3) is 0.364. The van der Waals surface area contributed by atoms with Gasteiger partial charge in [-0.15, -0.1) is 10.2 Å². The number of carbonyl (C=O) groups is 1. The highest BCUT2D eigenvalue weighted by Gasteiger charge is 2.10. The Morgan fingerprint density at radius 2 is 2.26 bits per heavy atom. The molecule has 8 nitrogen and oxygen atoms in total. The van der Waals surface area contributed by atoms with Gasteiger partial charge >= 0.3 is 0 Å². The van der Waals surface area contributed by atoms with Gasteiger partial charge < -0.3 is 14.5 Å². The minimum atomic E-state index is -0.362. The molecule has 0 fully saturated rings. The van der Waals surface area contributed by atoms with Crippen LogP contribution >= 0.6 is 0 Å². The van der Waals surface area contributed by atoms with Gasteiger partial charge in [0.2, 0.25) is 17.7 Å². The fourth-order valence-electron chi connectivity index (χ4n) is 1.35. The lowest BCUT2D eigenvalue weighted by molar-refractivity contribution is 0.0941. The maximum Gasteiger partial charge on any atom is 0.270 e. The van der Waals surface area contributed by atoms with E-state index in [1.807, 2.05) is 6.92 Å². The van der Waals surface area contributed by atoms with Crippen molar-refractivity contribution in [1.29, 1.82) is 0 Å². The second-order valence-electron chi connectivity index (χ2n) is 3.57. The first kappa shape index (κ1) is 12.9. The molecule has 0 aliphatic rings. The first-order valence-corrected chi connectivity index (χ1v) is 5.71. The van der Waals surface area contributed by atoms with E-state index in [0.717, 1.165) is 0 Å². The van der Waals surface area contributed by atoms with Crippen molar-refractivity contribution in [1.82, 2.24) is 25.5 Å². The number of aromatic nitrogens is 4. The van der Waals surface area contributed by atoms with Crippen molar-refractivity contribution in [2.75, 3.05) is 6.61 Å². The van der Waals surface area contributed by atoms with Crippen molar-refractivity contribution in [3.05, 3.63) is 29.9 Å². The predicted octanol–water partition coefficient (Wildman–Crippen LogP) is 0.497. The van der Waals surface area contributed by atoms with Crippen molar-refractivity contribution in [3.63, 3.8) is 0 Å². The molecule has 8 heteroatoms. The Labute approximate surface area is 109 Å². The summed E-state index contributed by atoms with van der Waals surface area (Å²) < 4.78 is 10.3. The molecule has 0 atom stereocenters. The van der Waals surface area contributed by atoms with Gasteiger partial charge in [-0.25, -0.2) is 9.97 Å². The summed E-state index contributed by atoms with van der Waals surface area (Å²) in [5, 5.41) is 10.0. The Morgan fingerprint density at radius 3 is 2.95 bits per heavy atom. The summed E-state index contributed by atoms with van der Waals surface area (Å²) >= 11 is 0. The Morgan fingerprint density at radius 1 is 1.42 bits per heavy atom. The molecule has 1 N–H and O–H groups in total. The molecule has 2 heterocycles. The SMILES string of the molecule is CCOc1cc(C(=O)NCc2nnc(C)o2)ncn1. The van der Waals surface area contributed by atoms with Crippen LogP contribution in [0.4, 0.5) is 0 Å². The van der Waals surface area contributed by atoms with Crippen LogP contribution in [0.15, 0.2) is 16.8 Å². The molecule has 0 aliphatic carbocycles. The molecule has 0 aromatic carbocycles. The zero-order valence-corrected chi connectivity index (χ0v) is 10.6. The van der Waals surface area contributed by atoms with E-state index in [2.05, 4.69) is 25.5 Å². The van der Waals surface area contributed by atoms with Crippen LogP contribution in [0.5, 0.6) is 5.88 Å². The largest absolute Gasteiger partial charge is 0.478 e. The van der Waals surface area contributed by atoms with Crippen LogP contribution in [-0.2, 0) is 6.54 Å². The maximum absolute atomic E-state index is 11.8. The highest BCUT2D eigenvalue weighted by molar-refractivity contribution is 5.92. The van der Waals surface area contributed by atoms with Crippen LogP contribution in [0.2, 0.25) is 0 Å². The average molecular weight is 263 g/mol. The lowest BCUT2D eigenvalue weighted by atomic mass is 10.3. The van der Waals surface area contributed by atoms with Gasteiger partial charge in [0.05, 0.1) is 13.2 Å². The highest BCUT2D eigenvalue weighted by atomic mass is 16.5. The van der Waals surface area contributed by atoms with Crippen LogP contribution in [0.25, 0.3) is 0 Å². The third kappa shape index (κ3) is 3.47. The summed E-state index contributed by atoms with van der Waals surface area (Å²) in [7, 11) is 0. The smallest absolute Gasteiger partial charge is 0.270 e. The molecule has 0 bridgehead atoms. The van der Waals surface area contributed by atoms with Gasteiger partial charge in [0.1, 0.15) is 12.0 Å². The molecule has 0 saturated carbocycles. The van der Waals surface area contributed by atoms with E-state index < -0.39 is 0 Å². The standard InChI is InChI=1S/C11H13N5O3/c1-3-18-9-4-8(13-6-14-9)11(17)12-5-10-16-15-7(2)19-10/h4,6H,3,5H2,1-2H3,(H,12,17). The highest BCUT2D eigenvalue weighted by Crippen LogP contribution is 2.06. The Balaban J connectivity index is 1.97. The molecule has 0 unspecified atom stereocenters. The summed E-state index contributed by atoms with van der Waals surface area (Å²) in [6.45, 7) is 4.13. The van der Waals surface area contributed by atoms with Crippen LogP contribution in [0.1, 0.15) is 29.2 Å². The number of hydrogen-bond donors (Lipinski definition) is 1. The second kappa shape index (κ2) is 5.89. The monoisotopic (exact) mass is 263 g/mol. The lowest BCUT2D eigenvalue weighted by Gasteiger charge is -2.04. The normalized spacial score (nSPS) is 10.2. The molecular formula is C11H13N5O3. The molecule has 2 aromatic rings. The molecule has 2 aromatic heterocycles. The van der Waals surface area contributed by atoms with Crippen molar-refractivity contribution >= 4 is 5.91 Å². The minimum absolute atomic E-state index is 0.146. The first-order chi connectivity index (χ1) is 9.19. The van der Waals surface area contributed by atoms with E-state index in [1.165, 1.54) is 12.4 Å². The second-order valence-corrected chi connectivity index (χ2v) is 3.57. The summed E-state index contributed by atoms with van der Waals surface area (Å²) in [5.74, 6) is 0.783. The Bertz CT molecular complexity index is 569. The maximum atomic E-state index is 11.8. The summed E-state index contributed by atoms with van der Waals surface area (Å²) in [5.41, 5.74) is 0.217. The summed E-state index contributed by atoms with van der Waals surface area (Å²) in [4.78, 5) is 19.6. The topological polar surface area (TPSA) is 103 Å². The molecule has 19 heavy (non-hydrogen) atoms. The van der Waals surface area contributed by atoms with Crippen LogP contribution in [0, 0.1) is 6.92 Å². The zero-order chi connectivity index (χ0) is 13.7. The van der Waals surface area contributed by atoms with E-state index in [4.69, 9.17) is 9.15 Å². The summed E-state index contributed by atoms with van der Waals surface area (Å²) in [6, 6.07) is 1.47. The number of carbonyl (C=O) groups excluding carboxylic acids is 1. The molecule has 0 aliphatic heterocycles. The predicted molar refractivity (Wildman–Crippen MR) is 63.4 cm³/mol. The van der Waals surface area contributed by atoms with Crippen molar-refractivity contribution < 1.29 is 13.9 Å². The number of hydrogen-bond acceptors (Lipinski definition) is 7. The number of ether oxygens (including phenoxy) is 1. The average Bonchev–Trinajstić information content (AvgIpc) is 2.82. The third-order valence-electron chi connectivity index (χ3n) is 2.13. The van der Waals surface area contributed by atoms with Crippen molar-refractivity contribution in [3.8, 4) is 5.88 Å². The number of aryl methyl sites for hydroxylation is 1. The van der Waals surface area contributed by atoms with Gasteiger partial charge in [-0.3, -0.25) is 4.79 Å².